The fraction of sp³-hybridized carbons (Fsp3) is 0.323. The molecule has 0 aliphatic heterocycles. The molecule has 3 aliphatic rings. The lowest BCUT2D eigenvalue weighted by Crippen LogP contribution is -2.52. The maximum atomic E-state index is 13.6. The molecule has 2 aromatic carbocycles. The molecule has 3 saturated carbocycles. The minimum atomic E-state index is -4.53. The number of fused-ring (bicyclic) bond motifs is 1. The first-order valence-corrected chi connectivity index (χ1v) is 13.4. The van der Waals surface area contributed by atoms with Gasteiger partial charge in [0.25, 0.3) is 5.91 Å². The van der Waals surface area contributed by atoms with E-state index in [1.54, 1.807) is 31.2 Å². The Morgan fingerprint density at radius 2 is 1.76 bits per heavy atom. The van der Waals surface area contributed by atoms with Gasteiger partial charge < -0.3 is 15.1 Å². The Morgan fingerprint density at radius 3 is 2.37 bits per heavy atom. The van der Waals surface area contributed by atoms with Crippen molar-refractivity contribution in [1.29, 1.82) is 0 Å². The summed E-state index contributed by atoms with van der Waals surface area (Å²) in [5.41, 5.74) is 2.53. The van der Waals surface area contributed by atoms with Crippen molar-refractivity contribution in [3.63, 3.8) is 0 Å². The largest absolute Gasteiger partial charge is 0.437 e. The predicted molar refractivity (Wildman–Crippen MR) is 146 cm³/mol. The van der Waals surface area contributed by atoms with Gasteiger partial charge in [-0.05, 0) is 85.0 Å². The second-order valence-corrected chi connectivity index (χ2v) is 11.2. The summed E-state index contributed by atoms with van der Waals surface area (Å²) < 4.78 is 59.3. The average molecular weight is 566 g/mol. The van der Waals surface area contributed by atoms with Gasteiger partial charge in [-0.1, -0.05) is 12.1 Å². The summed E-state index contributed by atoms with van der Waals surface area (Å²) in [6.07, 6.45) is -0.862. The molecule has 0 saturated heterocycles. The summed E-state index contributed by atoms with van der Waals surface area (Å²) in [6.45, 7) is 0.440. The third-order valence-corrected chi connectivity index (χ3v) is 8.25. The number of nitrogens with one attached hydrogen (secondary N) is 2. The third kappa shape index (κ3) is 4.96. The van der Waals surface area contributed by atoms with Gasteiger partial charge in [0.1, 0.15) is 23.9 Å². The average Bonchev–Trinajstić information content (AvgIpc) is 3.26. The lowest BCUT2D eigenvalue weighted by molar-refractivity contribution is -0.115. The molecule has 4 aromatic rings. The van der Waals surface area contributed by atoms with Crippen LogP contribution in [0.2, 0.25) is 0 Å². The first-order chi connectivity index (χ1) is 19.4. The Hall–Kier alpha value is -4.21. The van der Waals surface area contributed by atoms with Gasteiger partial charge in [0.05, 0.1) is 10.9 Å². The number of furan rings is 1. The van der Waals surface area contributed by atoms with Crippen LogP contribution in [0.25, 0.3) is 33.6 Å². The zero-order valence-corrected chi connectivity index (χ0v) is 22.4. The van der Waals surface area contributed by atoms with E-state index in [0.29, 0.717) is 28.7 Å². The van der Waals surface area contributed by atoms with Gasteiger partial charge in [0.2, 0.25) is 5.71 Å². The standard InChI is InChI=1S/C31H27F4N3O3/c1-16-3-4-19(24(39)14-30-11-17(12-30)13-30)9-21(16)22-10-23-25(28(40)36-2)26(18-5-7-20(32)8-6-18)41-29(23)38-27(22)37-15-31(33,34)35/h3-10,17H,11-15H2,1-2H3,(H,36,40)(H,37,38). The van der Waals surface area contributed by atoms with Crippen molar-refractivity contribution in [2.75, 3.05) is 18.9 Å². The number of alkyl halides is 3. The summed E-state index contributed by atoms with van der Waals surface area (Å²) in [5, 5.41) is 5.20. The number of Topliss-reactive ketones (excluding diaryl/α,β-unsaturated/α-hetero) is 1. The number of anilines is 1. The lowest BCUT2D eigenvalue weighted by Gasteiger charge is -2.62. The minimum Gasteiger partial charge on any atom is -0.437 e. The zero-order chi connectivity index (χ0) is 29.1. The zero-order valence-electron chi connectivity index (χ0n) is 22.4. The number of pyridine rings is 1. The molecule has 2 bridgehead atoms. The number of carbonyl (C=O) groups excluding carboxylic acids is 2. The van der Waals surface area contributed by atoms with Gasteiger partial charge in [-0.15, -0.1) is 0 Å². The number of ketones is 1. The molecule has 2 N–H and O–H groups in total. The summed E-state index contributed by atoms with van der Waals surface area (Å²) in [7, 11) is 1.44. The summed E-state index contributed by atoms with van der Waals surface area (Å²) in [4.78, 5) is 30.6. The van der Waals surface area contributed by atoms with Crippen LogP contribution in [-0.2, 0) is 0 Å². The highest BCUT2D eigenvalue weighted by Gasteiger charge is 2.56. The number of carbonyl (C=O) groups is 2. The molecule has 3 fully saturated rings. The van der Waals surface area contributed by atoms with Crippen molar-refractivity contribution in [2.24, 2.45) is 11.3 Å². The van der Waals surface area contributed by atoms with Gasteiger partial charge >= 0.3 is 6.18 Å². The molecular weight excluding hydrogens is 538 g/mol. The van der Waals surface area contributed by atoms with Crippen molar-refractivity contribution < 1.29 is 31.6 Å². The van der Waals surface area contributed by atoms with Crippen LogP contribution in [0, 0.1) is 24.1 Å². The van der Waals surface area contributed by atoms with Crippen LogP contribution in [0.4, 0.5) is 23.4 Å². The molecule has 0 spiro atoms. The van der Waals surface area contributed by atoms with E-state index in [2.05, 4.69) is 15.6 Å². The van der Waals surface area contributed by atoms with E-state index < -0.39 is 24.4 Å². The Bertz CT molecular complexity index is 1670. The van der Waals surface area contributed by atoms with Crippen molar-refractivity contribution in [3.8, 4) is 22.5 Å². The molecule has 0 radical (unpaired) electrons. The van der Waals surface area contributed by atoms with Gasteiger partial charge in [-0.25, -0.2) is 4.39 Å². The Labute approximate surface area is 233 Å². The van der Waals surface area contributed by atoms with Crippen LogP contribution in [-0.4, -0.2) is 36.4 Å². The van der Waals surface area contributed by atoms with Crippen LogP contribution in [0.15, 0.2) is 52.9 Å². The fourth-order valence-corrected chi connectivity index (χ4v) is 6.10. The highest BCUT2D eigenvalue weighted by molar-refractivity contribution is 6.12. The molecule has 41 heavy (non-hydrogen) atoms. The Kier molecular flexibility index (Phi) is 6.39. The van der Waals surface area contributed by atoms with Crippen molar-refractivity contribution in [1.82, 2.24) is 10.3 Å². The van der Waals surface area contributed by atoms with Crippen LogP contribution in [0.5, 0.6) is 0 Å². The Morgan fingerprint density at radius 1 is 1.05 bits per heavy atom. The monoisotopic (exact) mass is 565 g/mol. The highest BCUT2D eigenvalue weighted by atomic mass is 19.4. The first kappa shape index (κ1) is 27.0. The molecule has 212 valence electrons. The summed E-state index contributed by atoms with van der Waals surface area (Å²) in [6, 6.07) is 12.0. The van der Waals surface area contributed by atoms with E-state index in [9.17, 15) is 27.2 Å². The van der Waals surface area contributed by atoms with Crippen molar-refractivity contribution in [2.45, 2.75) is 38.8 Å². The number of hydrogen-bond donors (Lipinski definition) is 2. The number of benzene rings is 2. The van der Waals surface area contributed by atoms with Crippen LogP contribution in [0.3, 0.4) is 0 Å². The number of aryl methyl sites for hydroxylation is 1. The van der Waals surface area contributed by atoms with E-state index in [4.69, 9.17) is 4.42 Å². The second-order valence-electron chi connectivity index (χ2n) is 11.2. The molecule has 2 heterocycles. The SMILES string of the molecule is CNC(=O)c1c(-c2ccc(F)cc2)oc2nc(NCC(F)(F)F)c(-c3cc(C(=O)CC45CC(C4)C5)ccc3C)cc12. The molecular formula is C31H27F4N3O3. The van der Waals surface area contributed by atoms with Crippen molar-refractivity contribution in [3.05, 3.63) is 71.0 Å². The summed E-state index contributed by atoms with van der Waals surface area (Å²) in [5.74, 6) is -0.262. The molecule has 0 unspecified atom stereocenters. The van der Waals surface area contributed by atoms with Crippen molar-refractivity contribution >= 4 is 28.6 Å². The molecule has 1 amide bonds. The predicted octanol–water partition coefficient (Wildman–Crippen LogP) is 7.32. The minimum absolute atomic E-state index is 0.00352. The molecule has 2 aromatic heterocycles. The highest BCUT2D eigenvalue weighted by Crippen LogP contribution is 2.66. The molecule has 0 atom stereocenters. The van der Waals surface area contributed by atoms with Gasteiger partial charge in [-0.2, -0.15) is 18.2 Å². The Balaban J connectivity index is 1.51. The normalized spacial score (nSPS) is 19.4. The van der Waals surface area contributed by atoms with Crippen LogP contribution in [0.1, 0.15) is 52.0 Å². The number of amides is 1. The topological polar surface area (TPSA) is 84.2 Å². The number of hydrogen-bond acceptors (Lipinski definition) is 5. The molecule has 3 aliphatic carbocycles. The third-order valence-electron chi connectivity index (χ3n) is 8.25. The lowest BCUT2D eigenvalue weighted by atomic mass is 9.43. The van der Waals surface area contributed by atoms with E-state index in [1.807, 2.05) is 0 Å². The fourth-order valence-electron chi connectivity index (χ4n) is 6.10. The second kappa shape index (κ2) is 9.71. The molecule has 7 rings (SSSR count). The van der Waals surface area contributed by atoms with E-state index in [1.165, 1.54) is 31.3 Å². The maximum Gasteiger partial charge on any atom is 0.405 e. The summed E-state index contributed by atoms with van der Waals surface area (Å²) >= 11 is 0. The van der Waals surface area contributed by atoms with E-state index in [-0.39, 0.29) is 45.0 Å². The van der Waals surface area contributed by atoms with Gasteiger partial charge in [-0.3, -0.25) is 9.59 Å². The smallest absolute Gasteiger partial charge is 0.405 e. The van der Waals surface area contributed by atoms with Gasteiger partial charge in [0, 0.05) is 30.2 Å². The number of rotatable bonds is 8. The van der Waals surface area contributed by atoms with Crippen LogP contribution < -0.4 is 10.6 Å². The molecule has 10 heteroatoms. The number of aromatic nitrogens is 1. The number of nitrogens with zero attached hydrogens (tertiary/aromatic N) is 1. The first-order valence-electron chi connectivity index (χ1n) is 13.4. The maximum absolute atomic E-state index is 13.6. The van der Waals surface area contributed by atoms with Crippen LogP contribution >= 0.6 is 0 Å². The quantitative estimate of drug-likeness (QED) is 0.173. The van der Waals surface area contributed by atoms with E-state index >= 15 is 0 Å². The number of halogens is 4. The van der Waals surface area contributed by atoms with Gasteiger partial charge in [0.15, 0.2) is 5.78 Å². The molecule has 6 nitrogen and oxygen atoms in total. The van der Waals surface area contributed by atoms with E-state index in [0.717, 1.165) is 25.2 Å².